The maximum atomic E-state index is 12.4. The average Bonchev–Trinajstić information content (AvgIpc) is 3.06. The summed E-state index contributed by atoms with van der Waals surface area (Å²) in [5.74, 6) is -1.50. The normalized spacial score (nSPS) is 13.7. The van der Waals surface area contributed by atoms with Gasteiger partial charge < -0.3 is 9.68 Å². The van der Waals surface area contributed by atoms with Crippen molar-refractivity contribution >= 4 is 46.6 Å². The molecule has 0 bridgehead atoms. The lowest BCUT2D eigenvalue weighted by molar-refractivity contribution is -0.137. The Bertz CT molecular complexity index is 1710. The molecule has 2 N–H and O–H groups in total. The summed E-state index contributed by atoms with van der Waals surface area (Å²) < 4.78 is 0. The number of benzene rings is 2. The second kappa shape index (κ2) is 12.8. The fourth-order valence-corrected chi connectivity index (χ4v) is 5.30. The Kier molecular flexibility index (Phi) is 8.32. The molecule has 0 radical (unpaired) electrons. The molecule has 0 unspecified atom stereocenters. The van der Waals surface area contributed by atoms with E-state index in [2.05, 4.69) is 69.5 Å². The molecule has 2 heterocycles. The van der Waals surface area contributed by atoms with E-state index in [0.29, 0.717) is 11.4 Å². The van der Waals surface area contributed by atoms with Gasteiger partial charge in [-0.3, -0.25) is 9.97 Å². The van der Waals surface area contributed by atoms with Crippen LogP contribution in [0.3, 0.4) is 0 Å². The molecule has 0 saturated heterocycles. The molecule has 0 aliphatic heterocycles. The second-order valence-electron chi connectivity index (χ2n) is 10.9. The minimum absolute atomic E-state index is 0.612. The Hall–Kier alpha value is -5.50. The van der Waals surface area contributed by atoms with E-state index in [9.17, 15) is 9.59 Å². The van der Waals surface area contributed by atoms with Gasteiger partial charge >= 0.3 is 11.9 Å². The molecule has 2 aromatic heterocycles. The molecule has 2 aliphatic carbocycles. The van der Waals surface area contributed by atoms with Crippen molar-refractivity contribution in [2.75, 3.05) is 11.0 Å². The van der Waals surface area contributed by atoms with E-state index < -0.39 is 11.9 Å². The highest BCUT2D eigenvalue weighted by Gasteiger charge is 2.16. The summed E-state index contributed by atoms with van der Waals surface area (Å²) in [7, 11) is 0. The number of hydrogen-bond acceptors (Lipinski definition) is 8. The minimum atomic E-state index is -0.752. The largest absolute Gasteiger partial charge is 0.355 e. The van der Waals surface area contributed by atoms with Crippen LogP contribution in [-0.4, -0.2) is 21.9 Å². The van der Waals surface area contributed by atoms with E-state index in [1.165, 1.54) is 22.3 Å². The van der Waals surface area contributed by atoms with Gasteiger partial charge in [-0.2, -0.15) is 0 Å². The highest BCUT2D eigenvalue weighted by molar-refractivity contribution is 5.92. The Morgan fingerprint density at radius 3 is 1.55 bits per heavy atom. The minimum Gasteiger partial charge on any atom is -0.339 e. The Balaban J connectivity index is 1.03. The molecule has 6 rings (SSSR count). The number of fused-ring (bicyclic) bond motifs is 2. The number of rotatable bonds is 8. The number of carbonyl (C=O) groups excluding carboxylic acids is 2. The summed E-state index contributed by atoms with van der Waals surface area (Å²) in [6.45, 7) is 3.74. The van der Waals surface area contributed by atoms with Crippen molar-refractivity contribution < 1.29 is 19.3 Å². The van der Waals surface area contributed by atoms with Crippen molar-refractivity contribution in [2.45, 2.75) is 39.5 Å². The van der Waals surface area contributed by atoms with Crippen molar-refractivity contribution in [3.63, 3.8) is 0 Å². The van der Waals surface area contributed by atoms with E-state index in [1.54, 1.807) is 12.4 Å². The van der Waals surface area contributed by atoms with Gasteiger partial charge in [0, 0.05) is 24.5 Å². The van der Waals surface area contributed by atoms with E-state index >= 15 is 0 Å². The smallest absolute Gasteiger partial charge is 0.339 e. The summed E-state index contributed by atoms with van der Waals surface area (Å²) in [5, 5.41) is 0. The third kappa shape index (κ3) is 6.60. The number of nitrogens with one attached hydrogen (secondary N) is 2. The summed E-state index contributed by atoms with van der Waals surface area (Å²) in [6, 6.07) is 20.3. The van der Waals surface area contributed by atoms with Crippen LogP contribution in [0.1, 0.15) is 57.6 Å². The Morgan fingerprint density at radius 1 is 0.659 bits per heavy atom. The first kappa shape index (κ1) is 28.6. The fraction of sp³-hybridized carbons (Fsp3) is 0.167. The Labute approximate surface area is 256 Å². The third-order valence-electron chi connectivity index (χ3n) is 7.84. The number of aromatic nitrogens is 2. The zero-order valence-electron chi connectivity index (χ0n) is 24.6. The van der Waals surface area contributed by atoms with E-state index in [-0.39, 0.29) is 0 Å². The van der Waals surface area contributed by atoms with Crippen molar-refractivity contribution in [3.8, 4) is 0 Å². The highest BCUT2D eigenvalue weighted by Crippen LogP contribution is 2.32. The molecule has 0 amide bonds. The number of allylic oxidation sites excluding steroid dienone is 2. The van der Waals surface area contributed by atoms with Gasteiger partial charge in [0.25, 0.3) is 0 Å². The summed E-state index contributed by atoms with van der Waals surface area (Å²) >= 11 is 0. The highest BCUT2D eigenvalue weighted by atomic mass is 16.7. The summed E-state index contributed by atoms with van der Waals surface area (Å²) in [4.78, 5) is 44.2. The molecular formula is C36H32N4O4. The van der Waals surface area contributed by atoms with Crippen LogP contribution < -0.4 is 11.0 Å². The number of carbonyl (C=O) groups is 2. The number of aryl methyl sites for hydroxylation is 4. The third-order valence-corrected chi connectivity index (χ3v) is 7.84. The van der Waals surface area contributed by atoms with Crippen LogP contribution >= 0.6 is 0 Å². The van der Waals surface area contributed by atoms with Crippen molar-refractivity contribution in [2.24, 2.45) is 0 Å². The first-order chi connectivity index (χ1) is 21.4. The van der Waals surface area contributed by atoms with Gasteiger partial charge in [-0.15, -0.1) is 0 Å². The predicted octanol–water partition coefficient (Wildman–Crippen LogP) is 7.06. The first-order valence-corrected chi connectivity index (χ1v) is 14.6. The van der Waals surface area contributed by atoms with Crippen LogP contribution in [0.25, 0.3) is 23.3 Å². The standard InChI is InChI=1S/C36H32N4O4/c1-23-21-37-33(29-13-11-25-7-3-5-9-27(25)17-29)19-31(23)39-43-35(41)15-16-36(42)44-40-32-20-34(38-22-24(32)2)30-14-12-26-8-4-6-10-28(26)18-30/h3-10,15-22H,11-14H2,1-2H3,(H,37,39)(H,38,40)/b16-15+. The molecule has 220 valence electrons. The molecule has 4 aromatic rings. The van der Waals surface area contributed by atoms with Gasteiger partial charge in [0.1, 0.15) is 0 Å². The average molecular weight is 585 g/mol. The molecule has 44 heavy (non-hydrogen) atoms. The molecule has 0 spiro atoms. The van der Waals surface area contributed by atoms with Crippen LogP contribution in [0.15, 0.2) is 85.2 Å². The van der Waals surface area contributed by atoms with E-state index in [1.807, 2.05) is 38.1 Å². The lowest BCUT2D eigenvalue weighted by Gasteiger charge is -2.17. The second-order valence-corrected chi connectivity index (χ2v) is 10.9. The van der Waals surface area contributed by atoms with Crippen LogP contribution in [0.5, 0.6) is 0 Å². The van der Waals surface area contributed by atoms with Crippen LogP contribution in [0.4, 0.5) is 11.4 Å². The molecule has 2 aliphatic rings. The predicted molar refractivity (Wildman–Crippen MR) is 172 cm³/mol. The molecule has 0 saturated carbocycles. The zero-order valence-corrected chi connectivity index (χ0v) is 24.6. The van der Waals surface area contributed by atoms with Gasteiger partial charge in [-0.25, -0.2) is 20.5 Å². The summed E-state index contributed by atoms with van der Waals surface area (Å²) in [6.07, 6.45) is 13.4. The quantitative estimate of drug-likeness (QED) is 0.168. The molecule has 2 aromatic carbocycles. The first-order valence-electron chi connectivity index (χ1n) is 14.6. The number of anilines is 2. The van der Waals surface area contributed by atoms with E-state index in [4.69, 9.17) is 9.68 Å². The lowest BCUT2D eigenvalue weighted by atomic mass is 9.90. The van der Waals surface area contributed by atoms with Crippen molar-refractivity contribution in [1.82, 2.24) is 9.97 Å². The molecule has 0 atom stereocenters. The Morgan fingerprint density at radius 2 is 1.09 bits per heavy atom. The van der Waals surface area contributed by atoms with Crippen LogP contribution in [0.2, 0.25) is 0 Å². The van der Waals surface area contributed by atoms with Gasteiger partial charge in [-0.05, 0) is 108 Å². The van der Waals surface area contributed by atoms with Crippen LogP contribution in [0, 0.1) is 13.8 Å². The fourth-order valence-electron chi connectivity index (χ4n) is 5.30. The maximum Gasteiger partial charge on any atom is 0.355 e. The van der Waals surface area contributed by atoms with Gasteiger partial charge in [0.05, 0.1) is 22.8 Å². The van der Waals surface area contributed by atoms with E-state index in [0.717, 1.165) is 71.5 Å². The lowest BCUT2D eigenvalue weighted by Crippen LogP contribution is -2.12. The number of nitrogens with zero attached hydrogens (tertiary/aromatic N) is 2. The molecule has 0 fully saturated rings. The van der Waals surface area contributed by atoms with Crippen molar-refractivity contribution in [1.29, 1.82) is 0 Å². The van der Waals surface area contributed by atoms with Crippen LogP contribution in [-0.2, 0) is 32.1 Å². The monoisotopic (exact) mass is 584 g/mol. The van der Waals surface area contributed by atoms with Gasteiger partial charge in [-0.1, -0.05) is 48.5 Å². The number of hydrogen-bond donors (Lipinski definition) is 2. The number of pyridine rings is 2. The van der Waals surface area contributed by atoms with Gasteiger partial charge in [0.15, 0.2) is 0 Å². The summed E-state index contributed by atoms with van der Waals surface area (Å²) in [5.41, 5.74) is 17.1. The molecular weight excluding hydrogens is 552 g/mol. The molecule has 8 heteroatoms. The topological polar surface area (TPSA) is 102 Å². The zero-order chi connectivity index (χ0) is 30.5. The van der Waals surface area contributed by atoms with Gasteiger partial charge in [0.2, 0.25) is 0 Å². The maximum absolute atomic E-state index is 12.4. The molecule has 8 nitrogen and oxygen atoms in total. The SMILES string of the molecule is Cc1cnc(C2=Cc3ccccc3CC2)cc1NOC(=O)/C=C/C(=O)ONc1cc(C2=Cc3ccccc3CC2)ncc1C. The van der Waals surface area contributed by atoms with Crippen molar-refractivity contribution in [3.05, 3.63) is 130 Å².